The van der Waals surface area contributed by atoms with E-state index in [2.05, 4.69) is 22.6 Å². The van der Waals surface area contributed by atoms with E-state index in [1.807, 2.05) is 19.9 Å². The van der Waals surface area contributed by atoms with Crippen molar-refractivity contribution in [2.45, 2.75) is 13.8 Å². The molecule has 6 heteroatoms. The Hall–Kier alpha value is -0.400. The van der Waals surface area contributed by atoms with Gasteiger partial charge >= 0.3 is 0 Å². The van der Waals surface area contributed by atoms with Gasteiger partial charge < -0.3 is 10.6 Å². The van der Waals surface area contributed by atoms with Gasteiger partial charge in [-0.2, -0.15) is 0 Å². The van der Waals surface area contributed by atoms with Crippen LogP contribution in [0.15, 0.2) is 18.2 Å². The zero-order valence-electron chi connectivity index (χ0n) is 10.8. The van der Waals surface area contributed by atoms with Gasteiger partial charge in [0.15, 0.2) is 0 Å². The van der Waals surface area contributed by atoms with Crippen molar-refractivity contribution in [1.82, 2.24) is 4.90 Å². The second-order valence-corrected chi connectivity index (χ2v) is 6.32. The average molecular weight is 411 g/mol. The van der Waals surface area contributed by atoms with E-state index >= 15 is 0 Å². The minimum absolute atomic E-state index is 0.00165. The van der Waals surface area contributed by atoms with Crippen molar-refractivity contribution < 1.29 is 4.79 Å². The maximum Gasteiger partial charge on any atom is 0.253 e. The van der Waals surface area contributed by atoms with Gasteiger partial charge in [-0.25, -0.2) is 0 Å². The van der Waals surface area contributed by atoms with Gasteiger partial charge in [0.2, 0.25) is 0 Å². The summed E-state index contributed by atoms with van der Waals surface area (Å²) in [6.07, 6.45) is 0. The van der Waals surface area contributed by atoms with E-state index in [9.17, 15) is 4.79 Å². The van der Waals surface area contributed by atoms with Crippen LogP contribution in [0.5, 0.6) is 0 Å². The predicted molar refractivity (Wildman–Crippen MR) is 91.7 cm³/mol. The monoisotopic (exact) mass is 410 g/mol. The molecule has 0 fully saturated rings. The molecule has 104 valence electrons. The van der Waals surface area contributed by atoms with Crippen LogP contribution in [0.25, 0.3) is 0 Å². The first kappa shape index (κ1) is 16.7. The fourth-order valence-electron chi connectivity index (χ4n) is 1.59. The Morgan fingerprint density at radius 1 is 1.58 bits per heavy atom. The third-order valence-corrected chi connectivity index (χ3v) is 4.79. The second kappa shape index (κ2) is 7.40. The number of nitrogens with two attached hydrogens (primary N) is 1. The molecule has 2 N–H and O–H groups in total. The van der Waals surface area contributed by atoms with Crippen LogP contribution in [0.4, 0.5) is 0 Å². The number of thiocarbonyl (C=S) groups is 1. The highest BCUT2D eigenvalue weighted by atomic mass is 127. The first-order valence-corrected chi connectivity index (χ1v) is 7.77. The Labute approximate surface area is 137 Å². The Kier molecular flexibility index (Phi) is 6.49. The molecular weight excluding hydrogens is 395 g/mol. The molecule has 1 aromatic carbocycles. The summed E-state index contributed by atoms with van der Waals surface area (Å²) in [6, 6.07) is 5.31. The van der Waals surface area contributed by atoms with Crippen molar-refractivity contribution >= 4 is 57.3 Å². The van der Waals surface area contributed by atoms with Crippen molar-refractivity contribution in [3.8, 4) is 0 Å². The lowest BCUT2D eigenvalue weighted by molar-refractivity contribution is 0.0755. The summed E-state index contributed by atoms with van der Waals surface area (Å²) in [7, 11) is 0. The van der Waals surface area contributed by atoms with Crippen LogP contribution in [0.2, 0.25) is 5.02 Å². The van der Waals surface area contributed by atoms with Gasteiger partial charge in [0.1, 0.15) is 0 Å². The number of carbonyl (C=O) groups excluding carboxylic acids is 1. The van der Waals surface area contributed by atoms with Crippen LogP contribution in [-0.2, 0) is 0 Å². The number of carbonyl (C=O) groups is 1. The molecule has 3 nitrogen and oxygen atoms in total. The van der Waals surface area contributed by atoms with Gasteiger partial charge in [-0.1, -0.05) is 30.7 Å². The molecule has 0 heterocycles. The van der Waals surface area contributed by atoms with E-state index in [1.54, 1.807) is 17.0 Å². The Balaban J connectivity index is 2.89. The number of hydrogen-bond donors (Lipinski definition) is 1. The summed E-state index contributed by atoms with van der Waals surface area (Å²) in [5.74, 6) is -0.0536. The SMILES string of the molecule is CCN(CC(C)C(N)=S)C(=O)c1ccc(I)c(Cl)c1. The van der Waals surface area contributed by atoms with E-state index in [0.717, 1.165) is 3.57 Å². The van der Waals surface area contributed by atoms with E-state index in [0.29, 0.717) is 28.7 Å². The van der Waals surface area contributed by atoms with Gasteiger partial charge in [-0.05, 0) is 47.7 Å². The highest BCUT2D eigenvalue weighted by Crippen LogP contribution is 2.20. The Bertz CT molecular complexity index is 496. The molecule has 1 unspecified atom stereocenters. The highest BCUT2D eigenvalue weighted by molar-refractivity contribution is 14.1. The minimum atomic E-state index is -0.0519. The van der Waals surface area contributed by atoms with Crippen molar-refractivity contribution in [2.24, 2.45) is 11.7 Å². The highest BCUT2D eigenvalue weighted by Gasteiger charge is 2.18. The van der Waals surface area contributed by atoms with Crippen LogP contribution in [0.1, 0.15) is 24.2 Å². The summed E-state index contributed by atoms with van der Waals surface area (Å²) in [5.41, 5.74) is 6.18. The molecule has 0 aliphatic heterocycles. The molecule has 0 radical (unpaired) electrons. The predicted octanol–water partition coefficient (Wildman–Crippen LogP) is 3.33. The maximum atomic E-state index is 12.4. The molecule has 19 heavy (non-hydrogen) atoms. The summed E-state index contributed by atoms with van der Waals surface area (Å²) >= 11 is 13.1. The molecule has 0 saturated carbocycles. The number of benzene rings is 1. The van der Waals surface area contributed by atoms with Crippen LogP contribution in [0.3, 0.4) is 0 Å². The smallest absolute Gasteiger partial charge is 0.253 e. The zero-order chi connectivity index (χ0) is 14.6. The van der Waals surface area contributed by atoms with Crippen molar-refractivity contribution in [1.29, 1.82) is 0 Å². The molecule has 0 spiro atoms. The van der Waals surface area contributed by atoms with Crippen molar-refractivity contribution in [2.75, 3.05) is 13.1 Å². The average Bonchev–Trinajstić information content (AvgIpc) is 2.37. The van der Waals surface area contributed by atoms with Gasteiger partial charge in [-0.3, -0.25) is 4.79 Å². The third-order valence-electron chi connectivity index (χ3n) is 2.82. The fourth-order valence-corrected chi connectivity index (χ4v) is 2.18. The van der Waals surface area contributed by atoms with Gasteiger partial charge in [0.25, 0.3) is 5.91 Å². The van der Waals surface area contributed by atoms with Crippen molar-refractivity contribution in [3.63, 3.8) is 0 Å². The Morgan fingerprint density at radius 3 is 2.68 bits per heavy atom. The number of amides is 1. The van der Waals surface area contributed by atoms with Crippen molar-refractivity contribution in [3.05, 3.63) is 32.4 Å². The summed E-state index contributed by atoms with van der Waals surface area (Å²) in [6.45, 7) is 4.97. The lowest BCUT2D eigenvalue weighted by Gasteiger charge is -2.24. The third kappa shape index (κ3) is 4.57. The maximum absolute atomic E-state index is 12.4. The molecule has 1 aromatic rings. The van der Waals surface area contributed by atoms with Gasteiger partial charge in [0, 0.05) is 28.1 Å². The van der Waals surface area contributed by atoms with Crippen LogP contribution in [-0.4, -0.2) is 28.9 Å². The van der Waals surface area contributed by atoms with E-state index in [4.69, 9.17) is 29.6 Å². The molecule has 0 saturated heterocycles. The van der Waals surface area contributed by atoms with E-state index in [-0.39, 0.29) is 11.8 Å². The largest absolute Gasteiger partial charge is 0.393 e. The summed E-state index contributed by atoms with van der Waals surface area (Å²) in [5, 5.41) is 0.588. The van der Waals surface area contributed by atoms with Gasteiger partial charge in [0.05, 0.1) is 10.0 Å². The lowest BCUT2D eigenvalue weighted by Crippen LogP contribution is -2.38. The van der Waals surface area contributed by atoms with E-state index < -0.39 is 0 Å². The number of rotatable bonds is 5. The Morgan fingerprint density at radius 2 is 2.21 bits per heavy atom. The molecule has 1 amide bonds. The zero-order valence-corrected chi connectivity index (χ0v) is 14.6. The van der Waals surface area contributed by atoms with Crippen LogP contribution >= 0.6 is 46.4 Å². The summed E-state index contributed by atoms with van der Waals surface area (Å²) in [4.78, 5) is 14.5. The number of nitrogens with zero attached hydrogens (tertiary/aromatic N) is 1. The molecule has 0 bridgehead atoms. The topological polar surface area (TPSA) is 46.3 Å². The standard InChI is InChI=1S/C13H16ClIN2OS/c1-3-17(7-8(2)12(16)19)13(18)9-4-5-11(15)10(14)6-9/h4-6,8H,3,7H2,1-2H3,(H2,16,19). The number of halogens is 2. The fraction of sp³-hybridized carbons (Fsp3) is 0.385. The molecule has 0 aliphatic rings. The summed E-state index contributed by atoms with van der Waals surface area (Å²) < 4.78 is 0.926. The first-order valence-electron chi connectivity index (χ1n) is 5.90. The van der Waals surface area contributed by atoms with E-state index in [1.165, 1.54) is 0 Å². The molecular formula is C13H16ClIN2OS. The quantitative estimate of drug-likeness (QED) is 0.598. The molecule has 0 aliphatic carbocycles. The minimum Gasteiger partial charge on any atom is -0.393 e. The second-order valence-electron chi connectivity index (χ2n) is 4.28. The lowest BCUT2D eigenvalue weighted by atomic mass is 10.1. The first-order chi connectivity index (χ1) is 8.86. The van der Waals surface area contributed by atoms with Crippen LogP contribution < -0.4 is 5.73 Å². The molecule has 1 atom stereocenters. The molecule has 1 rings (SSSR count). The number of hydrogen-bond acceptors (Lipinski definition) is 2. The van der Waals surface area contributed by atoms with Crippen LogP contribution in [0, 0.1) is 9.49 Å². The molecule has 0 aromatic heterocycles. The van der Waals surface area contributed by atoms with Gasteiger partial charge in [-0.15, -0.1) is 0 Å². The normalized spacial score (nSPS) is 12.0.